The number of fused-ring (bicyclic) bond motifs is 2. The average molecular weight is 290 g/mol. The molecule has 2 fully saturated rings. The molecule has 1 aromatic carbocycles. The maximum absolute atomic E-state index is 11.8. The minimum absolute atomic E-state index is 0.0320. The van der Waals surface area contributed by atoms with Gasteiger partial charge in [-0.25, -0.2) is 0 Å². The van der Waals surface area contributed by atoms with E-state index in [1.54, 1.807) is 0 Å². The van der Waals surface area contributed by atoms with Crippen LogP contribution in [-0.2, 0) is 25.6 Å². The normalized spacial score (nSPS) is 38.9. The van der Waals surface area contributed by atoms with Crippen LogP contribution < -0.4 is 0 Å². The molecule has 6 atom stereocenters. The number of ether oxygens (including phenoxy) is 3. The summed E-state index contributed by atoms with van der Waals surface area (Å²) in [6.45, 7) is 6.56. The lowest BCUT2D eigenvalue weighted by molar-refractivity contribution is -0.297. The lowest BCUT2D eigenvalue weighted by atomic mass is 9.79. The predicted molar refractivity (Wildman–Crippen MR) is 77.3 cm³/mol. The van der Waals surface area contributed by atoms with E-state index in [0.29, 0.717) is 6.61 Å². The molecule has 0 amide bonds. The largest absolute Gasteiger partial charge is 0.435 e. The number of hydrogen-bond donors (Lipinski definition) is 0. The van der Waals surface area contributed by atoms with Gasteiger partial charge >= 0.3 is 5.97 Å². The summed E-state index contributed by atoms with van der Waals surface area (Å²) in [6, 6.07) is 10.1. The number of hydrogen-bond acceptors (Lipinski definition) is 4. The van der Waals surface area contributed by atoms with Crippen LogP contribution in [0.3, 0.4) is 0 Å². The Morgan fingerprint density at radius 3 is 2.52 bits per heavy atom. The van der Waals surface area contributed by atoms with Gasteiger partial charge in [0.1, 0.15) is 0 Å². The van der Waals surface area contributed by atoms with Gasteiger partial charge in [0.25, 0.3) is 0 Å². The molecule has 2 aliphatic rings. The van der Waals surface area contributed by atoms with Gasteiger partial charge in [-0.15, -0.1) is 0 Å². The predicted octanol–water partition coefficient (Wildman–Crippen LogP) is 2.76. The number of esters is 1. The van der Waals surface area contributed by atoms with Crippen LogP contribution in [0.2, 0.25) is 0 Å². The average Bonchev–Trinajstić information content (AvgIpc) is 2.49. The van der Waals surface area contributed by atoms with Gasteiger partial charge in [0.2, 0.25) is 6.29 Å². The second-order valence-corrected chi connectivity index (χ2v) is 6.17. The summed E-state index contributed by atoms with van der Waals surface area (Å²) >= 11 is 0. The van der Waals surface area contributed by atoms with Crippen LogP contribution in [0.5, 0.6) is 0 Å². The molecule has 4 nitrogen and oxygen atoms in total. The molecule has 114 valence electrons. The van der Waals surface area contributed by atoms with Crippen LogP contribution >= 0.6 is 0 Å². The second kappa shape index (κ2) is 5.78. The summed E-state index contributed by atoms with van der Waals surface area (Å²) in [5.41, 5.74) is 1.15. The molecule has 3 rings (SSSR count). The second-order valence-electron chi connectivity index (χ2n) is 6.17. The van der Waals surface area contributed by atoms with Crippen molar-refractivity contribution in [2.24, 2.45) is 17.8 Å². The summed E-state index contributed by atoms with van der Waals surface area (Å²) in [5, 5.41) is 0. The third kappa shape index (κ3) is 2.70. The molecule has 2 heterocycles. The Kier molecular flexibility index (Phi) is 4.00. The van der Waals surface area contributed by atoms with Gasteiger partial charge in [0, 0.05) is 11.8 Å². The molecule has 0 aromatic heterocycles. The van der Waals surface area contributed by atoms with Crippen molar-refractivity contribution in [3.8, 4) is 0 Å². The van der Waals surface area contributed by atoms with E-state index in [9.17, 15) is 4.79 Å². The van der Waals surface area contributed by atoms with E-state index >= 15 is 0 Å². The monoisotopic (exact) mass is 290 g/mol. The van der Waals surface area contributed by atoms with Gasteiger partial charge in [0.05, 0.1) is 24.7 Å². The van der Waals surface area contributed by atoms with E-state index in [4.69, 9.17) is 14.2 Å². The first kappa shape index (κ1) is 14.5. The Hall–Kier alpha value is -1.39. The van der Waals surface area contributed by atoms with Gasteiger partial charge in [-0.2, -0.15) is 0 Å². The highest BCUT2D eigenvalue weighted by molar-refractivity contribution is 5.73. The van der Waals surface area contributed by atoms with Gasteiger partial charge in [-0.1, -0.05) is 44.2 Å². The molecular weight excluding hydrogens is 268 g/mol. The van der Waals surface area contributed by atoms with Crippen LogP contribution in [0.15, 0.2) is 30.3 Å². The van der Waals surface area contributed by atoms with Gasteiger partial charge < -0.3 is 14.2 Å². The zero-order valence-corrected chi connectivity index (χ0v) is 12.7. The molecule has 5 unspecified atom stereocenters. The number of benzene rings is 1. The first-order valence-electron chi connectivity index (χ1n) is 7.59. The fourth-order valence-corrected chi connectivity index (χ4v) is 3.36. The molecule has 2 bridgehead atoms. The summed E-state index contributed by atoms with van der Waals surface area (Å²) in [5.74, 6) is -0.178. The highest BCUT2D eigenvalue weighted by atomic mass is 16.7. The molecule has 1 aromatic rings. The maximum atomic E-state index is 11.8. The van der Waals surface area contributed by atoms with Crippen molar-refractivity contribution in [1.29, 1.82) is 0 Å². The van der Waals surface area contributed by atoms with Crippen LogP contribution in [0.25, 0.3) is 0 Å². The standard InChI is InChI=1S/C17H22O4/c1-10-14(19-9-13-7-5-4-6-8-13)12(3)17-20-15(10)11(2)16(18)21-17/h4-8,10-12,14-15,17H,9H2,1-3H3/t10?,11-,12?,14?,15?,17?/m1/s1. The number of rotatable bonds is 3. The molecule has 2 saturated heterocycles. The summed E-state index contributed by atoms with van der Waals surface area (Å²) < 4.78 is 17.4. The fraction of sp³-hybridized carbons (Fsp3) is 0.588. The SMILES string of the molecule is CC1C2OC(=O)[C@H](C)C(O2)C(C)C1OCc1ccccc1. The minimum Gasteiger partial charge on any atom is -0.435 e. The molecule has 0 aliphatic carbocycles. The Balaban J connectivity index is 1.71. The smallest absolute Gasteiger partial charge is 0.313 e. The van der Waals surface area contributed by atoms with Crippen molar-refractivity contribution in [2.75, 3.05) is 0 Å². The first-order valence-corrected chi connectivity index (χ1v) is 7.59. The van der Waals surface area contributed by atoms with Crippen molar-refractivity contribution in [3.05, 3.63) is 35.9 Å². The van der Waals surface area contributed by atoms with Crippen LogP contribution in [-0.4, -0.2) is 24.5 Å². The Morgan fingerprint density at radius 1 is 1.10 bits per heavy atom. The van der Waals surface area contributed by atoms with Crippen LogP contribution in [0.1, 0.15) is 26.3 Å². The molecule has 2 aliphatic heterocycles. The van der Waals surface area contributed by atoms with Crippen molar-refractivity contribution in [2.45, 2.75) is 45.9 Å². The third-order valence-electron chi connectivity index (χ3n) is 4.66. The van der Waals surface area contributed by atoms with E-state index < -0.39 is 6.29 Å². The van der Waals surface area contributed by atoms with Crippen molar-refractivity contribution in [1.82, 2.24) is 0 Å². The third-order valence-corrected chi connectivity index (χ3v) is 4.66. The van der Waals surface area contributed by atoms with E-state index in [1.807, 2.05) is 32.0 Å². The van der Waals surface area contributed by atoms with Crippen molar-refractivity contribution in [3.63, 3.8) is 0 Å². The quantitative estimate of drug-likeness (QED) is 0.803. The highest BCUT2D eigenvalue weighted by Crippen LogP contribution is 2.40. The number of carbonyl (C=O) groups is 1. The molecule has 0 radical (unpaired) electrons. The Bertz CT molecular complexity index is 501. The minimum atomic E-state index is -0.476. The van der Waals surface area contributed by atoms with Gasteiger partial charge in [-0.05, 0) is 12.5 Å². The van der Waals surface area contributed by atoms with Gasteiger partial charge in [0.15, 0.2) is 0 Å². The molecule has 0 saturated carbocycles. The van der Waals surface area contributed by atoms with E-state index in [-0.39, 0.29) is 35.9 Å². The van der Waals surface area contributed by atoms with Gasteiger partial charge in [-0.3, -0.25) is 4.79 Å². The Labute approximate surface area is 125 Å². The lowest BCUT2D eigenvalue weighted by Crippen LogP contribution is -2.58. The highest BCUT2D eigenvalue weighted by Gasteiger charge is 2.51. The molecular formula is C17H22O4. The summed E-state index contributed by atoms with van der Waals surface area (Å²) in [7, 11) is 0. The molecule has 0 N–H and O–H groups in total. The van der Waals surface area contributed by atoms with Crippen LogP contribution in [0.4, 0.5) is 0 Å². The topological polar surface area (TPSA) is 44.8 Å². The van der Waals surface area contributed by atoms with Crippen molar-refractivity contribution < 1.29 is 19.0 Å². The summed E-state index contributed by atoms with van der Waals surface area (Å²) in [4.78, 5) is 11.8. The van der Waals surface area contributed by atoms with E-state index in [1.165, 1.54) is 0 Å². The van der Waals surface area contributed by atoms with E-state index in [0.717, 1.165) is 5.56 Å². The summed E-state index contributed by atoms with van der Waals surface area (Å²) in [6.07, 6.45) is -0.562. The number of carbonyl (C=O) groups excluding carboxylic acids is 1. The fourth-order valence-electron chi connectivity index (χ4n) is 3.36. The maximum Gasteiger partial charge on any atom is 0.313 e. The zero-order valence-electron chi connectivity index (χ0n) is 12.7. The Morgan fingerprint density at radius 2 is 1.81 bits per heavy atom. The molecule has 0 spiro atoms. The molecule has 21 heavy (non-hydrogen) atoms. The lowest BCUT2D eigenvalue weighted by Gasteiger charge is -2.48. The first-order chi connectivity index (χ1) is 10.1. The molecule has 4 heteroatoms. The van der Waals surface area contributed by atoms with Crippen molar-refractivity contribution >= 4 is 5.97 Å². The van der Waals surface area contributed by atoms with Crippen LogP contribution in [0, 0.1) is 17.8 Å². The zero-order chi connectivity index (χ0) is 15.0. The van der Waals surface area contributed by atoms with E-state index in [2.05, 4.69) is 19.1 Å².